The second-order valence-electron chi connectivity index (χ2n) is 8.42. The highest BCUT2D eigenvalue weighted by molar-refractivity contribution is 5.80. The minimum Gasteiger partial charge on any atom is -0.497 e. The third-order valence-corrected chi connectivity index (χ3v) is 4.76. The molecule has 0 aliphatic heterocycles. The Hall–Kier alpha value is -4.21. The normalized spacial score (nSPS) is 10.2. The summed E-state index contributed by atoms with van der Waals surface area (Å²) in [7, 11) is 3.30. The van der Waals surface area contributed by atoms with Gasteiger partial charge in [-0.05, 0) is 56.9 Å². The lowest BCUT2D eigenvalue weighted by atomic mass is 10.1. The molecule has 0 aromatic heterocycles. The molecule has 0 radical (unpaired) electrons. The third kappa shape index (κ3) is 32.3. The van der Waals surface area contributed by atoms with E-state index < -0.39 is 0 Å². The molecule has 0 bridgehead atoms. The average molecular weight is 616 g/mol. The van der Waals surface area contributed by atoms with Gasteiger partial charge in [-0.15, -0.1) is 6.58 Å². The van der Waals surface area contributed by atoms with E-state index in [4.69, 9.17) is 9.57 Å². The standard InChI is InChI=1S/C11H17NO2.C8H14N2O2.C8H8O2.C5H8.C2H6.CH4/c1-9(12-14-3)7-10-5-4-6-11(8-10)13-2;1-3-4-7(2)10-8(12)5-9-6-11;9-7-10-6-8-4-2-1-3-5-8;1-3-5-4-2;1-2;/h4-6,8-9,12H,7H2,1-3H3;3,6-7H,1,4-5H2,2H3,(H,9,11)(H,10,12);1-5,7H,6H2;3-5H,1H2,2H3;1-2H3;1H4/b;;;5-4-;;. The summed E-state index contributed by atoms with van der Waals surface area (Å²) in [6.07, 6.45) is 9.46. The maximum atomic E-state index is 10.9. The zero-order valence-electron chi connectivity index (χ0n) is 27.0. The van der Waals surface area contributed by atoms with Gasteiger partial charge in [0.25, 0.3) is 6.47 Å². The molecule has 3 N–H and O–H groups in total. The lowest BCUT2D eigenvalue weighted by Gasteiger charge is -2.12. The molecule has 0 heterocycles. The minimum absolute atomic E-state index is 0. The molecule has 2 aromatic rings. The first-order chi connectivity index (χ1) is 20.8. The number of ether oxygens (including phenoxy) is 2. The van der Waals surface area contributed by atoms with Gasteiger partial charge in [0.1, 0.15) is 12.4 Å². The van der Waals surface area contributed by atoms with Gasteiger partial charge in [0.2, 0.25) is 12.3 Å². The first kappa shape index (κ1) is 46.7. The van der Waals surface area contributed by atoms with Crippen molar-refractivity contribution in [3.63, 3.8) is 0 Å². The Bertz CT molecular complexity index is 983. The molecule has 44 heavy (non-hydrogen) atoms. The van der Waals surface area contributed by atoms with Crippen molar-refractivity contribution in [3.8, 4) is 5.75 Å². The minimum atomic E-state index is -0.184. The van der Waals surface area contributed by atoms with Crippen LogP contribution in [0, 0.1) is 0 Å². The molecule has 2 amide bonds. The molecule has 2 aromatic carbocycles. The highest BCUT2D eigenvalue weighted by Gasteiger charge is 2.04. The van der Waals surface area contributed by atoms with E-state index in [9.17, 15) is 14.4 Å². The third-order valence-electron chi connectivity index (χ3n) is 4.76. The Morgan fingerprint density at radius 2 is 1.59 bits per heavy atom. The Balaban J connectivity index is -0.000000246. The molecule has 2 atom stereocenters. The summed E-state index contributed by atoms with van der Waals surface area (Å²) in [4.78, 5) is 35.3. The highest BCUT2D eigenvalue weighted by atomic mass is 16.6. The molecular weight excluding hydrogens is 558 g/mol. The van der Waals surface area contributed by atoms with Crippen LogP contribution in [0.2, 0.25) is 0 Å². The van der Waals surface area contributed by atoms with E-state index in [-0.39, 0.29) is 25.9 Å². The zero-order chi connectivity index (χ0) is 33.1. The number of methoxy groups -OCH3 is 1. The summed E-state index contributed by atoms with van der Waals surface area (Å²) in [6, 6.07) is 18.0. The van der Waals surface area contributed by atoms with Gasteiger partial charge in [0.05, 0.1) is 20.8 Å². The first-order valence-electron chi connectivity index (χ1n) is 14.1. The molecule has 0 aliphatic carbocycles. The van der Waals surface area contributed by atoms with Crippen LogP contribution in [0.15, 0.2) is 92.1 Å². The van der Waals surface area contributed by atoms with Gasteiger partial charge in [-0.1, -0.05) is 94.6 Å². The van der Waals surface area contributed by atoms with E-state index in [1.54, 1.807) is 26.4 Å². The van der Waals surface area contributed by atoms with E-state index in [0.717, 1.165) is 24.2 Å². The summed E-state index contributed by atoms with van der Waals surface area (Å²) in [5.74, 6) is 0.712. The van der Waals surface area contributed by atoms with E-state index in [1.807, 2.05) is 88.4 Å². The van der Waals surface area contributed by atoms with Gasteiger partial charge in [-0.2, -0.15) is 5.48 Å². The molecule has 248 valence electrons. The van der Waals surface area contributed by atoms with E-state index in [1.165, 1.54) is 5.56 Å². The monoisotopic (exact) mass is 615 g/mol. The summed E-state index contributed by atoms with van der Waals surface area (Å²) >= 11 is 0. The number of hydrogen-bond acceptors (Lipinski definition) is 7. The zero-order valence-corrected chi connectivity index (χ0v) is 27.0. The Morgan fingerprint density at radius 3 is 2.07 bits per heavy atom. The van der Waals surface area contributed by atoms with Gasteiger partial charge in [0.15, 0.2) is 0 Å². The van der Waals surface area contributed by atoms with Gasteiger partial charge >= 0.3 is 0 Å². The number of amides is 2. The highest BCUT2D eigenvalue weighted by Crippen LogP contribution is 2.13. The van der Waals surface area contributed by atoms with Crippen molar-refractivity contribution in [2.75, 3.05) is 20.8 Å². The predicted molar refractivity (Wildman–Crippen MR) is 183 cm³/mol. The second-order valence-corrected chi connectivity index (χ2v) is 8.42. The topological polar surface area (TPSA) is 115 Å². The molecule has 9 nitrogen and oxygen atoms in total. The lowest BCUT2D eigenvalue weighted by molar-refractivity contribution is -0.129. The first-order valence-corrected chi connectivity index (χ1v) is 14.1. The fourth-order valence-electron chi connectivity index (χ4n) is 3.01. The maximum Gasteiger partial charge on any atom is 0.293 e. The van der Waals surface area contributed by atoms with Gasteiger partial charge < -0.3 is 24.9 Å². The van der Waals surface area contributed by atoms with Crippen molar-refractivity contribution in [2.45, 2.75) is 73.6 Å². The Morgan fingerprint density at radius 1 is 0.955 bits per heavy atom. The Kier molecular flexibility index (Phi) is 39.1. The Labute approximate surface area is 266 Å². The molecule has 0 aliphatic rings. The number of rotatable bonds is 15. The molecular formula is C35H57N3O6. The summed E-state index contributed by atoms with van der Waals surface area (Å²) in [5, 5.41) is 4.96. The van der Waals surface area contributed by atoms with Gasteiger partial charge in [-0.25, -0.2) is 0 Å². The van der Waals surface area contributed by atoms with Crippen molar-refractivity contribution >= 4 is 18.8 Å². The maximum absolute atomic E-state index is 10.9. The lowest BCUT2D eigenvalue weighted by Crippen LogP contribution is -2.38. The molecule has 2 unspecified atom stereocenters. The SMILES string of the molecule is C.C=C/C=C\C.C=CCC(C)NC(=O)CNC=O.CC.CONC(C)Cc1cccc(OC)c1.O=COCc1ccccc1. The van der Waals surface area contributed by atoms with Crippen LogP contribution in [-0.4, -0.2) is 51.6 Å². The smallest absolute Gasteiger partial charge is 0.293 e. The molecule has 0 spiro atoms. The second kappa shape index (κ2) is 36.8. The van der Waals surface area contributed by atoms with Crippen molar-refractivity contribution in [1.82, 2.24) is 16.1 Å². The fourth-order valence-corrected chi connectivity index (χ4v) is 3.01. The molecule has 0 saturated carbocycles. The van der Waals surface area contributed by atoms with Crippen LogP contribution in [0.3, 0.4) is 0 Å². The summed E-state index contributed by atoms with van der Waals surface area (Å²) in [5.41, 5.74) is 5.14. The predicted octanol–water partition coefficient (Wildman–Crippen LogP) is 6.36. The molecule has 2 rings (SSSR count). The van der Waals surface area contributed by atoms with E-state index in [2.05, 4.69) is 47.0 Å². The van der Waals surface area contributed by atoms with Crippen molar-refractivity contribution in [2.24, 2.45) is 0 Å². The van der Waals surface area contributed by atoms with Crippen molar-refractivity contribution in [1.29, 1.82) is 0 Å². The molecule has 9 heteroatoms. The van der Waals surface area contributed by atoms with Gasteiger partial charge in [-0.3, -0.25) is 14.4 Å². The van der Waals surface area contributed by atoms with Gasteiger partial charge in [0, 0.05) is 12.1 Å². The van der Waals surface area contributed by atoms with Crippen LogP contribution >= 0.6 is 0 Å². The fraction of sp³-hybridized carbons (Fsp3) is 0.400. The number of carbonyl (C=O) groups is 3. The van der Waals surface area contributed by atoms with Crippen LogP contribution in [0.5, 0.6) is 5.75 Å². The largest absolute Gasteiger partial charge is 0.497 e. The summed E-state index contributed by atoms with van der Waals surface area (Å²) < 4.78 is 9.68. The number of nitrogens with one attached hydrogen (secondary N) is 3. The van der Waals surface area contributed by atoms with E-state index >= 15 is 0 Å². The van der Waals surface area contributed by atoms with Crippen molar-refractivity contribution < 1.29 is 28.7 Å². The van der Waals surface area contributed by atoms with Crippen LogP contribution in [0.4, 0.5) is 0 Å². The van der Waals surface area contributed by atoms with Crippen molar-refractivity contribution in [3.05, 3.63) is 103 Å². The number of allylic oxidation sites excluding steroid dienone is 3. The van der Waals surface area contributed by atoms with Crippen LogP contribution < -0.4 is 20.9 Å². The van der Waals surface area contributed by atoms with Crippen LogP contribution in [-0.2, 0) is 37.0 Å². The average Bonchev–Trinajstić information content (AvgIpc) is 3.02. The van der Waals surface area contributed by atoms with Crippen LogP contribution in [0.25, 0.3) is 0 Å². The van der Waals surface area contributed by atoms with E-state index in [0.29, 0.717) is 25.5 Å². The molecule has 0 fully saturated rings. The quantitative estimate of drug-likeness (QED) is 0.0924. The molecule has 0 saturated heterocycles. The number of carbonyl (C=O) groups excluding carboxylic acids is 3. The van der Waals surface area contributed by atoms with Crippen LogP contribution in [0.1, 0.15) is 59.6 Å². The number of hydroxylamine groups is 1. The summed E-state index contributed by atoms with van der Waals surface area (Å²) in [6.45, 7) is 17.8. The number of benzene rings is 2. The number of hydrogen-bond donors (Lipinski definition) is 3.